The summed E-state index contributed by atoms with van der Waals surface area (Å²) in [5, 5.41) is -0.543. The molecule has 2 spiro atoms. The van der Waals surface area contributed by atoms with Gasteiger partial charge in [-0.2, -0.15) is 0 Å². The predicted molar refractivity (Wildman–Crippen MR) is 177 cm³/mol. The molecule has 1 aliphatic heterocycles. The van der Waals surface area contributed by atoms with Gasteiger partial charge in [-0.3, -0.25) is 23.9 Å². The molecule has 5 atom stereocenters. The zero-order valence-corrected chi connectivity index (χ0v) is 29.6. The van der Waals surface area contributed by atoms with Crippen molar-refractivity contribution in [2.75, 3.05) is 6.54 Å². The van der Waals surface area contributed by atoms with Gasteiger partial charge in [-0.15, -0.1) is 6.58 Å². The smallest absolute Gasteiger partial charge is 0.240 e. The number of sulfonamides is 1. The first-order valence-electron chi connectivity index (χ1n) is 18.0. The molecule has 0 aromatic carbocycles. The van der Waals surface area contributed by atoms with Gasteiger partial charge in [0.15, 0.2) is 5.78 Å². The van der Waals surface area contributed by atoms with E-state index >= 15 is 0 Å². The van der Waals surface area contributed by atoms with Gasteiger partial charge < -0.3 is 4.90 Å². The number of ketones is 2. The van der Waals surface area contributed by atoms with Crippen molar-refractivity contribution >= 4 is 33.4 Å². The fourth-order valence-electron chi connectivity index (χ4n) is 10.4. The van der Waals surface area contributed by atoms with Crippen LogP contribution in [0.15, 0.2) is 12.7 Å². The first kappa shape index (κ1) is 33.9. The van der Waals surface area contributed by atoms with Crippen molar-refractivity contribution in [1.82, 2.24) is 9.62 Å². The van der Waals surface area contributed by atoms with Crippen molar-refractivity contribution in [2.24, 2.45) is 44.8 Å². The highest BCUT2D eigenvalue weighted by Gasteiger charge is 2.85. The molecule has 0 radical (unpaired) electrons. The molecule has 6 rings (SSSR count). The number of likely N-dealkylation sites (tertiary alicyclic amines) is 1. The van der Waals surface area contributed by atoms with Gasteiger partial charge in [0.05, 0.1) is 16.7 Å². The highest BCUT2D eigenvalue weighted by molar-refractivity contribution is 7.90. The number of allylic oxidation sites excluding steroid dienone is 1. The van der Waals surface area contributed by atoms with E-state index in [1.54, 1.807) is 11.0 Å². The van der Waals surface area contributed by atoms with Crippen LogP contribution in [0.1, 0.15) is 131 Å². The van der Waals surface area contributed by atoms with Gasteiger partial charge in [-0.25, -0.2) is 8.42 Å². The molecular weight excluding hydrogens is 600 g/mol. The third kappa shape index (κ3) is 5.33. The van der Waals surface area contributed by atoms with Crippen molar-refractivity contribution in [3.05, 3.63) is 12.7 Å². The molecule has 8 nitrogen and oxygen atoms in total. The molecule has 0 bridgehead atoms. The normalized spacial score (nSPS) is 33.7. The monoisotopic (exact) mass is 656 g/mol. The first-order valence-corrected chi connectivity index (χ1v) is 19.5. The van der Waals surface area contributed by atoms with Gasteiger partial charge in [-0.05, 0) is 66.6 Å². The Kier molecular flexibility index (Phi) is 8.29. The van der Waals surface area contributed by atoms with Crippen LogP contribution in [0.4, 0.5) is 0 Å². The quantitative estimate of drug-likeness (QED) is 0.253. The van der Waals surface area contributed by atoms with E-state index in [1.165, 1.54) is 6.42 Å². The predicted octanol–water partition coefficient (Wildman–Crippen LogP) is 6.14. The summed E-state index contributed by atoms with van der Waals surface area (Å²) in [6.07, 6.45) is 13.3. The molecule has 46 heavy (non-hydrogen) atoms. The van der Waals surface area contributed by atoms with E-state index in [1.807, 2.05) is 20.8 Å². The Morgan fingerprint density at radius 3 is 2.11 bits per heavy atom. The Morgan fingerprint density at radius 2 is 1.61 bits per heavy atom. The molecule has 2 amide bonds. The van der Waals surface area contributed by atoms with Crippen LogP contribution in [0.25, 0.3) is 0 Å². The molecule has 6 fully saturated rings. The van der Waals surface area contributed by atoms with E-state index in [9.17, 15) is 27.6 Å². The maximum Gasteiger partial charge on any atom is 0.240 e. The number of carbonyl (C=O) groups excluding carboxylic acids is 4. The number of hydrogen-bond acceptors (Lipinski definition) is 6. The molecule has 256 valence electrons. The Labute approximate surface area is 276 Å². The summed E-state index contributed by atoms with van der Waals surface area (Å²) >= 11 is 0. The molecule has 6 aliphatic rings. The van der Waals surface area contributed by atoms with E-state index in [0.29, 0.717) is 44.6 Å². The van der Waals surface area contributed by atoms with Crippen molar-refractivity contribution in [1.29, 1.82) is 0 Å². The second kappa shape index (κ2) is 11.3. The summed E-state index contributed by atoms with van der Waals surface area (Å²) < 4.78 is 27.7. The number of rotatable bonds is 12. The fourth-order valence-corrected chi connectivity index (χ4v) is 11.8. The molecule has 1 N–H and O–H groups in total. The molecule has 1 saturated heterocycles. The van der Waals surface area contributed by atoms with Gasteiger partial charge in [0.25, 0.3) is 0 Å². The van der Waals surface area contributed by atoms with Crippen LogP contribution >= 0.6 is 0 Å². The van der Waals surface area contributed by atoms with Gasteiger partial charge in [0.1, 0.15) is 5.78 Å². The number of hydrogen-bond donors (Lipinski definition) is 1. The van der Waals surface area contributed by atoms with Gasteiger partial charge >= 0.3 is 0 Å². The molecule has 0 aromatic heterocycles. The molecule has 0 unspecified atom stereocenters. The minimum absolute atomic E-state index is 0.0174. The van der Waals surface area contributed by atoms with E-state index < -0.39 is 44.0 Å². The molecule has 5 aliphatic carbocycles. The Hall–Kier alpha value is -2.03. The first-order chi connectivity index (χ1) is 21.4. The topological polar surface area (TPSA) is 118 Å². The average molecular weight is 657 g/mol. The molecular formula is C37H56N2O6S. The SMILES string of the molecule is C=C[C@@H]1C[C@]1(CC(=O)[C@@H]1C[C@@]2(CN1C(=O)[C@@H](CC(=O)CC1CCCCC1)C(C)(C)C)C(C)(C)C21CCC1)C(=O)NS(=O)(=O)C1CC1. The number of Topliss-reactive ketones (excluding diaryl/α,β-unsaturated/α-hetero) is 2. The lowest BCUT2D eigenvalue weighted by atomic mass is 9.73. The maximum absolute atomic E-state index is 14.7. The zero-order chi connectivity index (χ0) is 33.5. The molecule has 5 saturated carbocycles. The van der Waals surface area contributed by atoms with Crippen molar-refractivity contribution in [3.63, 3.8) is 0 Å². The zero-order valence-electron chi connectivity index (χ0n) is 28.8. The van der Waals surface area contributed by atoms with Crippen molar-refractivity contribution in [3.8, 4) is 0 Å². The minimum Gasteiger partial charge on any atom is -0.332 e. The number of nitrogens with zero attached hydrogens (tertiary/aromatic N) is 1. The summed E-state index contributed by atoms with van der Waals surface area (Å²) in [5.74, 6) is -1.22. The van der Waals surface area contributed by atoms with E-state index in [-0.39, 0.29) is 52.5 Å². The maximum atomic E-state index is 14.7. The van der Waals surface area contributed by atoms with Gasteiger partial charge in [0, 0.05) is 37.1 Å². The second-order valence-corrected chi connectivity index (χ2v) is 19.7. The Balaban J connectivity index is 1.26. The number of nitrogens with one attached hydrogen (secondary N) is 1. The summed E-state index contributed by atoms with van der Waals surface area (Å²) in [7, 11) is -3.77. The van der Waals surface area contributed by atoms with Crippen LogP contribution in [0, 0.1) is 44.8 Å². The lowest BCUT2D eigenvalue weighted by Gasteiger charge is -2.36. The van der Waals surface area contributed by atoms with Gasteiger partial charge in [-0.1, -0.05) is 79.2 Å². The van der Waals surface area contributed by atoms with Gasteiger partial charge in [0.2, 0.25) is 21.8 Å². The van der Waals surface area contributed by atoms with Crippen LogP contribution < -0.4 is 4.72 Å². The third-order valence-corrected chi connectivity index (χ3v) is 15.9. The number of fused-ring (bicyclic) bond motifs is 1. The van der Waals surface area contributed by atoms with Crippen LogP contribution in [-0.2, 0) is 29.2 Å². The summed E-state index contributed by atoms with van der Waals surface area (Å²) in [5.41, 5.74) is -1.71. The molecule has 0 aromatic rings. The van der Waals surface area contributed by atoms with E-state index in [4.69, 9.17) is 0 Å². The van der Waals surface area contributed by atoms with E-state index in [2.05, 4.69) is 25.1 Å². The summed E-state index contributed by atoms with van der Waals surface area (Å²) in [6, 6.07) is -0.694. The summed E-state index contributed by atoms with van der Waals surface area (Å²) in [4.78, 5) is 58.0. The number of amides is 2. The Bertz CT molecular complexity index is 1410. The highest BCUT2D eigenvalue weighted by atomic mass is 32.2. The second-order valence-electron chi connectivity index (χ2n) is 17.7. The number of carbonyl (C=O) groups is 4. The van der Waals surface area contributed by atoms with Crippen LogP contribution in [0.2, 0.25) is 0 Å². The molecule has 1 heterocycles. The Morgan fingerprint density at radius 1 is 0.957 bits per heavy atom. The third-order valence-electron chi connectivity index (χ3n) is 14.0. The average Bonchev–Trinajstić information content (AvgIpc) is 3.89. The summed E-state index contributed by atoms with van der Waals surface area (Å²) in [6.45, 7) is 15.0. The van der Waals surface area contributed by atoms with Crippen LogP contribution in [0.3, 0.4) is 0 Å². The lowest BCUT2D eigenvalue weighted by Crippen LogP contribution is -2.48. The fraction of sp³-hybridized carbons (Fsp3) is 0.838. The van der Waals surface area contributed by atoms with Crippen molar-refractivity contribution in [2.45, 2.75) is 142 Å². The largest absolute Gasteiger partial charge is 0.332 e. The lowest BCUT2D eigenvalue weighted by molar-refractivity contribution is -0.146. The highest BCUT2D eigenvalue weighted by Crippen LogP contribution is 2.88. The minimum atomic E-state index is -3.77. The van der Waals surface area contributed by atoms with Crippen LogP contribution in [-0.4, -0.2) is 54.5 Å². The van der Waals surface area contributed by atoms with Crippen molar-refractivity contribution < 1.29 is 27.6 Å². The standard InChI is InChI=1S/C37H56N2O6S/c1-7-25-20-35(25,32(43)38-46(44,45)27-14-15-27)22-30(41)29-21-37(34(5,6)36(37)16-11-17-36)23-39(29)31(42)28(33(2,3)4)19-26(40)18-24-12-9-8-10-13-24/h7,24-25,27-29H,1,8-23H2,2-6H3,(H,38,43)/t25-,28-,29+,35-,37-/m1/s1. The molecule has 9 heteroatoms. The van der Waals surface area contributed by atoms with Crippen LogP contribution in [0.5, 0.6) is 0 Å². The van der Waals surface area contributed by atoms with E-state index in [0.717, 1.165) is 44.9 Å².